The van der Waals surface area contributed by atoms with Crippen LogP contribution in [0.25, 0.3) is 125 Å². The van der Waals surface area contributed by atoms with Crippen LogP contribution in [-0.4, -0.2) is 36.5 Å². The first-order valence-corrected chi connectivity index (χ1v) is 32.5. The van der Waals surface area contributed by atoms with Gasteiger partial charge >= 0.3 is 0 Å². The first-order valence-electron chi connectivity index (χ1n) is 29.2. The van der Waals surface area contributed by atoms with Crippen molar-refractivity contribution in [2.75, 3.05) is 0 Å². The lowest BCUT2D eigenvalue weighted by Gasteiger charge is -2.02. The van der Waals surface area contributed by atoms with Crippen LogP contribution in [0.5, 0.6) is 0 Å². The summed E-state index contributed by atoms with van der Waals surface area (Å²) in [6, 6.07) is 60.6. The molecule has 0 atom stereocenters. The van der Waals surface area contributed by atoms with E-state index in [1.807, 2.05) is 45.3 Å². The molecule has 6 aromatic carbocycles. The van der Waals surface area contributed by atoms with E-state index >= 15 is 0 Å². The number of fused-ring (bicyclic) bond motifs is 18. The molecule has 0 amide bonds. The van der Waals surface area contributed by atoms with Crippen molar-refractivity contribution >= 4 is 170 Å². The van der Waals surface area contributed by atoms with Crippen LogP contribution in [0.4, 0.5) is 0 Å². The second kappa shape index (κ2) is 22.4. The van der Waals surface area contributed by atoms with Gasteiger partial charge in [-0.25, -0.2) is 0 Å². The first kappa shape index (κ1) is 56.6. The summed E-state index contributed by atoms with van der Waals surface area (Å²) in [4.78, 5) is 1.38. The van der Waals surface area contributed by atoms with Crippen LogP contribution in [0.2, 0.25) is 0 Å². The van der Waals surface area contributed by atoms with E-state index in [-0.39, 0.29) is 0 Å². The average Bonchev–Trinajstić information content (AvgIpc) is 3.06. The van der Waals surface area contributed by atoms with Gasteiger partial charge in [0, 0.05) is 176 Å². The van der Waals surface area contributed by atoms with Gasteiger partial charge in [-0.1, -0.05) is 109 Å². The Kier molecular flexibility index (Phi) is 14.7. The van der Waals surface area contributed by atoms with E-state index in [0.29, 0.717) is 0 Å². The van der Waals surface area contributed by atoms with Gasteiger partial charge in [-0.3, -0.25) is 0 Å². The standard InChI is InChI=1S/2C13H14N2.4C12H11NS/c1-9-8-11-10-6-4-5-7-12(10)15(3)13(11)14(9)2;1-9-8-12-13(14(9)2)10-6-4-5-7-11(10)15(12)3;1-8-12-10(7-13(8)2)9-5-3-4-6-11(9)14-12;1-8-12-9-5-3-4-6-10(9)14-11(12)7-13(8)2;1-8-7-10-9-5-3-4-6-11(9)14-12(10)13(8)2;1-8-7-11-12(13(8)2)9-5-3-4-6-10(9)14-11/h2*4-8H,1-3H3;4*3-7H,1-2H3. The molecule has 0 unspecified atom stereocenters. The van der Waals surface area contributed by atoms with Crippen molar-refractivity contribution < 1.29 is 0 Å². The molecule has 0 saturated heterocycles. The van der Waals surface area contributed by atoms with Crippen molar-refractivity contribution in [2.45, 2.75) is 41.5 Å². The molecule has 12 heteroatoms. The predicted octanol–water partition coefficient (Wildman–Crippen LogP) is 20.8. The number of hydrogen-bond donors (Lipinski definition) is 0. The normalized spacial score (nSPS) is 11.6. The molecule has 0 aliphatic carbocycles. The zero-order valence-corrected chi connectivity index (χ0v) is 54.8. The highest BCUT2D eigenvalue weighted by molar-refractivity contribution is 7.27. The highest BCUT2D eigenvalue weighted by Gasteiger charge is 2.16. The van der Waals surface area contributed by atoms with Gasteiger partial charge in [-0.15, -0.1) is 45.3 Å². The number of benzene rings is 6. The molecule has 12 heterocycles. The zero-order valence-electron chi connectivity index (χ0n) is 51.5. The van der Waals surface area contributed by atoms with E-state index in [9.17, 15) is 0 Å². The highest BCUT2D eigenvalue weighted by atomic mass is 32.1. The topological polar surface area (TPSA) is 39.4 Å². The second-order valence-corrected chi connectivity index (χ2v) is 27.2. The number of thiophene rings is 4. The number of aryl methyl sites for hydroxylation is 14. The van der Waals surface area contributed by atoms with Gasteiger partial charge in [0.05, 0.1) is 41.7 Å². The predicted molar refractivity (Wildman–Crippen MR) is 380 cm³/mol. The fourth-order valence-electron chi connectivity index (χ4n) is 12.6. The Balaban J connectivity index is 0.0000000957. The molecule has 8 nitrogen and oxygen atoms in total. The van der Waals surface area contributed by atoms with E-state index in [2.05, 4.69) is 317 Å². The van der Waals surface area contributed by atoms with Gasteiger partial charge in [0.1, 0.15) is 10.5 Å². The maximum Gasteiger partial charge on any atom is 0.120 e. The summed E-state index contributed by atoms with van der Waals surface area (Å²) in [7, 11) is 17.0. The van der Waals surface area contributed by atoms with Crippen molar-refractivity contribution in [1.29, 1.82) is 0 Å². The molecule has 18 rings (SSSR count). The molecule has 0 fully saturated rings. The lowest BCUT2D eigenvalue weighted by Crippen LogP contribution is -1.96. The van der Waals surface area contributed by atoms with Crippen molar-refractivity contribution in [3.05, 3.63) is 216 Å². The second-order valence-electron chi connectivity index (χ2n) is 23.0. The minimum Gasteiger partial charge on any atom is -0.353 e. The molecule has 0 N–H and O–H groups in total. The Morgan fingerprint density at radius 2 is 0.744 bits per heavy atom. The van der Waals surface area contributed by atoms with Crippen molar-refractivity contribution in [1.82, 2.24) is 36.5 Å². The van der Waals surface area contributed by atoms with Crippen molar-refractivity contribution in [2.24, 2.45) is 56.4 Å². The lowest BCUT2D eigenvalue weighted by atomic mass is 10.2. The van der Waals surface area contributed by atoms with Gasteiger partial charge < -0.3 is 36.5 Å². The molecule has 18 aromatic rings. The Bertz CT molecular complexity index is 5310. The molecule has 0 aliphatic rings. The molecule has 0 radical (unpaired) electrons. The van der Waals surface area contributed by atoms with Gasteiger partial charge in [0.25, 0.3) is 0 Å². The van der Waals surface area contributed by atoms with Gasteiger partial charge in [0.2, 0.25) is 0 Å². The maximum absolute atomic E-state index is 2.27. The summed E-state index contributed by atoms with van der Waals surface area (Å²) in [6.45, 7) is 13.0. The summed E-state index contributed by atoms with van der Waals surface area (Å²) in [6.07, 6.45) is 4.44. The van der Waals surface area contributed by atoms with Crippen molar-refractivity contribution in [3.8, 4) is 0 Å². The Labute approximate surface area is 517 Å². The largest absolute Gasteiger partial charge is 0.353 e. The lowest BCUT2D eigenvalue weighted by molar-refractivity contribution is 0.856. The van der Waals surface area contributed by atoms with E-state index in [4.69, 9.17) is 0 Å². The smallest absolute Gasteiger partial charge is 0.120 e. The monoisotopic (exact) mass is 1200 g/mol. The van der Waals surface area contributed by atoms with Crippen molar-refractivity contribution in [3.63, 3.8) is 0 Å². The molecular weight excluding hydrogens is 1130 g/mol. The van der Waals surface area contributed by atoms with Crippen LogP contribution in [0, 0.1) is 41.5 Å². The minimum atomic E-state index is 1.30. The molecule has 0 saturated carbocycles. The molecule has 0 bridgehead atoms. The van der Waals surface area contributed by atoms with E-state index < -0.39 is 0 Å². The number of nitrogens with zero attached hydrogens (tertiary/aromatic N) is 8. The van der Waals surface area contributed by atoms with E-state index in [0.717, 1.165) is 0 Å². The summed E-state index contributed by atoms with van der Waals surface area (Å²) >= 11 is 7.51. The molecule has 0 aliphatic heterocycles. The third-order valence-electron chi connectivity index (χ3n) is 17.9. The van der Waals surface area contributed by atoms with Gasteiger partial charge in [-0.05, 0) is 102 Å². The summed E-state index contributed by atoms with van der Waals surface area (Å²) in [5.41, 5.74) is 15.9. The molecular formula is C74H72N8S4. The fourth-order valence-corrected chi connectivity index (χ4v) is 17.5. The third-order valence-corrected chi connectivity index (χ3v) is 22.7. The maximum atomic E-state index is 2.27. The van der Waals surface area contributed by atoms with Gasteiger partial charge in [-0.2, -0.15) is 0 Å². The number of aromatic nitrogens is 8. The first-order chi connectivity index (χ1) is 41.5. The highest BCUT2D eigenvalue weighted by Crippen LogP contribution is 2.40. The Morgan fingerprint density at radius 3 is 1.42 bits per heavy atom. The van der Waals surface area contributed by atoms with Crippen LogP contribution in [-0.2, 0) is 56.4 Å². The van der Waals surface area contributed by atoms with Crippen LogP contribution in [0.15, 0.2) is 182 Å². The Morgan fingerprint density at radius 1 is 0.279 bits per heavy atom. The van der Waals surface area contributed by atoms with Crippen LogP contribution in [0.1, 0.15) is 34.2 Å². The summed E-state index contributed by atoms with van der Waals surface area (Å²) < 4.78 is 27.7. The molecule has 12 aromatic heterocycles. The molecule has 432 valence electrons. The zero-order chi connectivity index (χ0) is 60.0. The van der Waals surface area contributed by atoms with Crippen LogP contribution in [0.3, 0.4) is 0 Å². The minimum absolute atomic E-state index is 1.30. The Hall–Kier alpha value is -8.52. The fraction of sp³-hybridized carbons (Fsp3) is 0.189. The van der Waals surface area contributed by atoms with E-state index in [1.54, 1.807) is 0 Å². The van der Waals surface area contributed by atoms with E-state index in [1.165, 1.54) is 159 Å². The number of rotatable bonds is 0. The molecule has 0 spiro atoms. The quantitative estimate of drug-likeness (QED) is 0.145. The SMILES string of the molecule is Cc1c2c(cn1C)sc1ccccc12.Cc1c2sc3ccccc3c2cn1C.Cc1cc2c(c3ccccc3n2C)n1C.Cc1cc2c3ccccc3n(C)c2n1C.Cc1cc2c3ccccc3sc2n1C.Cc1cc2sc3ccccc3c2n1C. The van der Waals surface area contributed by atoms with Gasteiger partial charge in [0.15, 0.2) is 0 Å². The number of para-hydroxylation sites is 2. The van der Waals surface area contributed by atoms with Crippen LogP contribution < -0.4 is 0 Å². The summed E-state index contributed by atoms with van der Waals surface area (Å²) in [5, 5.41) is 13.8. The summed E-state index contributed by atoms with van der Waals surface area (Å²) in [5.74, 6) is 0. The number of hydrogen-bond acceptors (Lipinski definition) is 4. The average molecular weight is 1200 g/mol. The third kappa shape index (κ3) is 9.54. The molecule has 86 heavy (non-hydrogen) atoms. The van der Waals surface area contributed by atoms with Crippen LogP contribution >= 0.6 is 45.3 Å².